The Bertz CT molecular complexity index is 752. The fourth-order valence-corrected chi connectivity index (χ4v) is 2.33. The third-order valence-electron chi connectivity index (χ3n) is 3.56. The number of aromatic nitrogens is 4. The van der Waals surface area contributed by atoms with Gasteiger partial charge in [0.2, 0.25) is 5.91 Å². The predicted octanol–water partition coefficient (Wildman–Crippen LogP) is 1.67. The van der Waals surface area contributed by atoms with Gasteiger partial charge in [0.15, 0.2) is 0 Å². The molecule has 0 aliphatic rings. The summed E-state index contributed by atoms with van der Waals surface area (Å²) in [4.78, 5) is 16.4. The number of benzene rings is 1. The highest BCUT2D eigenvalue weighted by molar-refractivity contribution is 5.78. The van der Waals surface area contributed by atoms with E-state index < -0.39 is 0 Å². The normalized spacial score (nSPS) is 12.0. The van der Waals surface area contributed by atoms with Crippen LogP contribution >= 0.6 is 0 Å². The van der Waals surface area contributed by atoms with Crippen LogP contribution in [-0.2, 0) is 17.8 Å². The maximum absolute atomic E-state index is 12.3. The number of carbonyl (C=O) groups is 1. The minimum Gasteiger partial charge on any atom is -0.347 e. The number of carbonyl (C=O) groups excluding carboxylic acids is 1. The van der Waals surface area contributed by atoms with Crippen molar-refractivity contribution < 1.29 is 9.42 Å². The molecule has 1 N–H and O–H groups in total. The first kappa shape index (κ1) is 15.0. The highest BCUT2D eigenvalue weighted by Crippen LogP contribution is 2.15. The van der Waals surface area contributed by atoms with Gasteiger partial charge < -0.3 is 9.88 Å². The third kappa shape index (κ3) is 3.82. The third-order valence-corrected chi connectivity index (χ3v) is 3.56. The van der Waals surface area contributed by atoms with Crippen molar-refractivity contribution in [2.75, 3.05) is 0 Å². The van der Waals surface area contributed by atoms with Crippen LogP contribution in [0.15, 0.2) is 53.7 Å². The molecular weight excluding hydrogens is 294 g/mol. The van der Waals surface area contributed by atoms with E-state index in [1.54, 1.807) is 19.4 Å². The van der Waals surface area contributed by atoms with Crippen molar-refractivity contribution >= 4 is 5.91 Å². The van der Waals surface area contributed by atoms with Crippen LogP contribution in [0.2, 0.25) is 0 Å². The lowest BCUT2D eigenvalue weighted by Crippen LogP contribution is -2.32. The Labute approximate surface area is 133 Å². The quantitative estimate of drug-likeness (QED) is 0.748. The van der Waals surface area contributed by atoms with E-state index in [0.29, 0.717) is 17.9 Å². The van der Waals surface area contributed by atoms with Crippen LogP contribution in [0.1, 0.15) is 23.0 Å². The number of hydrogen-bond donors (Lipinski definition) is 1. The molecule has 7 heteroatoms. The summed E-state index contributed by atoms with van der Waals surface area (Å²) >= 11 is 0. The van der Waals surface area contributed by atoms with Gasteiger partial charge in [-0.2, -0.15) is 0 Å². The monoisotopic (exact) mass is 311 g/mol. The number of rotatable bonds is 6. The van der Waals surface area contributed by atoms with Gasteiger partial charge in [0.05, 0.1) is 18.8 Å². The minimum absolute atomic E-state index is 0.127. The molecule has 0 saturated carbocycles. The van der Waals surface area contributed by atoms with Crippen molar-refractivity contribution in [2.24, 2.45) is 0 Å². The second kappa shape index (κ2) is 6.87. The molecule has 3 rings (SSSR count). The van der Waals surface area contributed by atoms with Crippen LogP contribution < -0.4 is 5.32 Å². The number of nitrogens with zero attached hydrogens (tertiary/aromatic N) is 4. The van der Waals surface area contributed by atoms with E-state index in [-0.39, 0.29) is 18.4 Å². The Hall–Kier alpha value is -2.96. The first-order valence-electron chi connectivity index (χ1n) is 7.30. The first-order valence-corrected chi connectivity index (χ1v) is 7.30. The zero-order valence-electron chi connectivity index (χ0n) is 12.7. The standard InChI is InChI=1S/C16H17N5O2/c1-12-14(20-23-19-12)9-16(22)18-15(10-21-8-7-17-11-21)13-5-3-2-4-6-13/h2-8,11,15H,9-10H2,1H3,(H,18,22)/t15-/m1/s1. The Morgan fingerprint density at radius 3 is 2.78 bits per heavy atom. The van der Waals surface area contributed by atoms with Crippen molar-refractivity contribution in [3.63, 3.8) is 0 Å². The molecule has 3 aromatic rings. The van der Waals surface area contributed by atoms with E-state index >= 15 is 0 Å². The number of amides is 1. The van der Waals surface area contributed by atoms with E-state index in [9.17, 15) is 4.79 Å². The summed E-state index contributed by atoms with van der Waals surface area (Å²) in [6, 6.07) is 9.68. The number of hydrogen-bond acceptors (Lipinski definition) is 5. The Morgan fingerprint density at radius 1 is 1.30 bits per heavy atom. The topological polar surface area (TPSA) is 85.8 Å². The van der Waals surface area contributed by atoms with Gasteiger partial charge in [0.1, 0.15) is 11.4 Å². The summed E-state index contributed by atoms with van der Waals surface area (Å²) in [6.07, 6.45) is 5.46. The highest BCUT2D eigenvalue weighted by atomic mass is 16.6. The Balaban J connectivity index is 1.73. The molecule has 0 spiro atoms. The van der Waals surface area contributed by atoms with Gasteiger partial charge in [-0.15, -0.1) is 0 Å². The van der Waals surface area contributed by atoms with Crippen LogP contribution in [0, 0.1) is 6.92 Å². The zero-order chi connectivity index (χ0) is 16.1. The molecule has 0 radical (unpaired) electrons. The summed E-state index contributed by atoms with van der Waals surface area (Å²) in [5.74, 6) is -0.127. The molecule has 0 unspecified atom stereocenters. The summed E-state index contributed by atoms with van der Waals surface area (Å²) < 4.78 is 6.56. The molecule has 118 valence electrons. The average Bonchev–Trinajstić information content (AvgIpc) is 3.20. The largest absolute Gasteiger partial charge is 0.347 e. The summed E-state index contributed by atoms with van der Waals surface area (Å²) in [7, 11) is 0. The number of imidazole rings is 1. The Kier molecular flexibility index (Phi) is 4.46. The number of nitrogens with one attached hydrogen (secondary N) is 1. The fraction of sp³-hybridized carbons (Fsp3) is 0.250. The van der Waals surface area contributed by atoms with Gasteiger partial charge in [0.25, 0.3) is 0 Å². The molecule has 0 aliphatic carbocycles. The van der Waals surface area contributed by atoms with Crippen molar-refractivity contribution in [2.45, 2.75) is 25.9 Å². The number of aryl methyl sites for hydroxylation is 1. The lowest BCUT2D eigenvalue weighted by Gasteiger charge is -2.19. The molecule has 1 amide bonds. The van der Waals surface area contributed by atoms with E-state index in [1.165, 1.54) is 0 Å². The fourth-order valence-electron chi connectivity index (χ4n) is 2.33. The smallest absolute Gasteiger partial charge is 0.226 e. The molecule has 2 aromatic heterocycles. The second-order valence-corrected chi connectivity index (χ2v) is 5.26. The molecule has 1 atom stereocenters. The van der Waals surface area contributed by atoms with Gasteiger partial charge in [0, 0.05) is 18.9 Å². The minimum atomic E-state index is -0.155. The van der Waals surface area contributed by atoms with Gasteiger partial charge in [-0.25, -0.2) is 9.61 Å². The van der Waals surface area contributed by atoms with Gasteiger partial charge >= 0.3 is 0 Å². The van der Waals surface area contributed by atoms with Crippen LogP contribution in [0.3, 0.4) is 0 Å². The summed E-state index contributed by atoms with van der Waals surface area (Å²) in [5.41, 5.74) is 2.22. The van der Waals surface area contributed by atoms with Crippen LogP contribution in [0.25, 0.3) is 0 Å². The molecule has 0 aliphatic heterocycles. The van der Waals surface area contributed by atoms with Crippen LogP contribution in [0.4, 0.5) is 0 Å². The van der Waals surface area contributed by atoms with Crippen molar-refractivity contribution in [3.8, 4) is 0 Å². The lowest BCUT2D eigenvalue weighted by atomic mass is 10.1. The van der Waals surface area contributed by atoms with Gasteiger partial charge in [-0.3, -0.25) is 4.79 Å². The molecule has 0 bridgehead atoms. The van der Waals surface area contributed by atoms with E-state index in [0.717, 1.165) is 5.56 Å². The Morgan fingerprint density at radius 2 is 2.13 bits per heavy atom. The van der Waals surface area contributed by atoms with Gasteiger partial charge in [-0.1, -0.05) is 40.6 Å². The molecule has 7 nitrogen and oxygen atoms in total. The van der Waals surface area contributed by atoms with E-state index in [4.69, 9.17) is 0 Å². The highest BCUT2D eigenvalue weighted by Gasteiger charge is 2.17. The average molecular weight is 311 g/mol. The van der Waals surface area contributed by atoms with Crippen molar-refractivity contribution in [3.05, 3.63) is 66.0 Å². The maximum Gasteiger partial charge on any atom is 0.226 e. The van der Waals surface area contributed by atoms with Crippen molar-refractivity contribution in [1.29, 1.82) is 0 Å². The van der Waals surface area contributed by atoms with E-state index in [1.807, 2.05) is 41.1 Å². The second-order valence-electron chi connectivity index (χ2n) is 5.26. The molecule has 23 heavy (non-hydrogen) atoms. The summed E-state index contributed by atoms with van der Waals surface area (Å²) in [5, 5.41) is 10.5. The molecule has 0 fully saturated rings. The maximum atomic E-state index is 12.3. The van der Waals surface area contributed by atoms with Gasteiger partial charge in [-0.05, 0) is 12.5 Å². The van der Waals surface area contributed by atoms with E-state index in [2.05, 4.69) is 25.2 Å². The SMILES string of the molecule is Cc1nonc1CC(=O)N[C@H](Cn1ccnc1)c1ccccc1. The summed E-state index contributed by atoms with van der Waals surface area (Å²) in [6.45, 7) is 2.37. The first-order chi connectivity index (χ1) is 11.2. The zero-order valence-corrected chi connectivity index (χ0v) is 12.7. The molecule has 2 heterocycles. The lowest BCUT2D eigenvalue weighted by molar-refractivity contribution is -0.121. The van der Waals surface area contributed by atoms with Crippen LogP contribution in [0.5, 0.6) is 0 Å². The molecule has 0 saturated heterocycles. The van der Waals surface area contributed by atoms with Crippen molar-refractivity contribution in [1.82, 2.24) is 25.2 Å². The molecular formula is C16H17N5O2. The van der Waals surface area contributed by atoms with Crippen LogP contribution in [-0.4, -0.2) is 25.8 Å². The molecule has 1 aromatic carbocycles. The predicted molar refractivity (Wildman–Crippen MR) is 82.3 cm³/mol.